The predicted molar refractivity (Wildman–Crippen MR) is 102 cm³/mol. The number of hydrogen-bond acceptors (Lipinski definition) is 6. The molecule has 0 aliphatic rings. The Balaban J connectivity index is 2.26. The van der Waals surface area contributed by atoms with Crippen molar-refractivity contribution in [3.05, 3.63) is 47.3 Å². The van der Waals surface area contributed by atoms with E-state index in [-0.39, 0.29) is 0 Å². The van der Waals surface area contributed by atoms with Crippen LogP contribution in [0.2, 0.25) is 0 Å². The average molecular weight is 371 g/mol. The van der Waals surface area contributed by atoms with Gasteiger partial charge in [0, 0.05) is 30.6 Å². The molecule has 7 heteroatoms. The van der Waals surface area contributed by atoms with Crippen molar-refractivity contribution in [2.24, 2.45) is 0 Å². The Kier molecular flexibility index (Phi) is 6.50. The van der Waals surface area contributed by atoms with Crippen LogP contribution in [0, 0.1) is 6.92 Å². The van der Waals surface area contributed by atoms with Gasteiger partial charge in [0.15, 0.2) is 6.29 Å². The molecule has 0 N–H and O–H groups in total. The van der Waals surface area contributed by atoms with Gasteiger partial charge in [-0.05, 0) is 51.3 Å². The number of aromatic nitrogens is 2. The first-order valence-corrected chi connectivity index (χ1v) is 8.65. The number of hydrogen-bond donors (Lipinski definition) is 0. The largest absolute Gasteiger partial charge is 0.481 e. The molecule has 144 valence electrons. The number of amides is 1. The van der Waals surface area contributed by atoms with Crippen LogP contribution in [0.25, 0.3) is 0 Å². The molecule has 2 heterocycles. The summed E-state index contributed by atoms with van der Waals surface area (Å²) >= 11 is 0. The molecular weight excluding hydrogens is 346 g/mol. The van der Waals surface area contributed by atoms with Gasteiger partial charge >= 0.3 is 6.09 Å². The van der Waals surface area contributed by atoms with E-state index < -0.39 is 11.7 Å². The summed E-state index contributed by atoms with van der Waals surface area (Å²) in [5.41, 5.74) is 1.50. The van der Waals surface area contributed by atoms with E-state index in [0.717, 1.165) is 17.4 Å². The van der Waals surface area contributed by atoms with Crippen LogP contribution in [0.15, 0.2) is 30.6 Å². The minimum atomic E-state index is -0.631. The fraction of sp³-hybridized carbons (Fsp3) is 0.400. The van der Waals surface area contributed by atoms with Gasteiger partial charge in [0.05, 0.1) is 7.11 Å². The minimum Gasteiger partial charge on any atom is -0.481 e. The quantitative estimate of drug-likeness (QED) is 0.722. The molecule has 7 nitrogen and oxygen atoms in total. The number of carbonyl (C=O) groups is 2. The maximum atomic E-state index is 12.7. The van der Waals surface area contributed by atoms with E-state index in [1.54, 1.807) is 25.4 Å². The Hall–Kier alpha value is -2.96. The Morgan fingerprint density at radius 1 is 1.22 bits per heavy atom. The van der Waals surface area contributed by atoms with Crippen LogP contribution >= 0.6 is 0 Å². The van der Waals surface area contributed by atoms with Gasteiger partial charge in [-0.3, -0.25) is 9.69 Å². The molecule has 0 saturated heterocycles. The highest BCUT2D eigenvalue weighted by Gasteiger charge is 2.25. The third-order valence-electron chi connectivity index (χ3n) is 3.71. The molecule has 0 unspecified atom stereocenters. The molecule has 1 amide bonds. The lowest BCUT2D eigenvalue weighted by Crippen LogP contribution is -2.39. The molecule has 2 aromatic heterocycles. The maximum Gasteiger partial charge on any atom is 0.416 e. The second-order valence-electron chi connectivity index (χ2n) is 7.12. The Labute approximate surface area is 159 Å². The molecule has 0 aliphatic carbocycles. The predicted octanol–water partition coefficient (Wildman–Crippen LogP) is 3.59. The number of ether oxygens (including phenoxy) is 2. The first-order valence-electron chi connectivity index (χ1n) is 8.65. The molecule has 2 aromatic rings. The standard InChI is InChI=1S/C20H25N3O4/c1-14-10-16(13-24)12-22-18(14)23(19(25)27-20(2,3)4)9-8-15-6-7-17(26-5)21-11-15/h6-7,10-13H,8-9H2,1-5H3. The van der Waals surface area contributed by atoms with Crippen LogP contribution in [-0.4, -0.2) is 41.6 Å². The number of anilines is 1. The van der Waals surface area contributed by atoms with Crippen molar-refractivity contribution in [3.63, 3.8) is 0 Å². The van der Waals surface area contributed by atoms with Gasteiger partial charge in [0.1, 0.15) is 11.4 Å². The third kappa shape index (κ3) is 5.77. The highest BCUT2D eigenvalue weighted by molar-refractivity contribution is 5.88. The Morgan fingerprint density at radius 2 is 1.96 bits per heavy atom. The Morgan fingerprint density at radius 3 is 2.48 bits per heavy atom. The van der Waals surface area contributed by atoms with E-state index in [0.29, 0.717) is 30.2 Å². The summed E-state index contributed by atoms with van der Waals surface area (Å²) in [6.45, 7) is 7.60. The van der Waals surface area contributed by atoms with Gasteiger partial charge in [-0.2, -0.15) is 0 Å². The highest BCUT2D eigenvalue weighted by Crippen LogP contribution is 2.21. The molecule has 0 atom stereocenters. The van der Waals surface area contributed by atoms with Crippen LogP contribution < -0.4 is 9.64 Å². The first kappa shape index (κ1) is 20.4. The van der Waals surface area contributed by atoms with Crippen LogP contribution in [-0.2, 0) is 11.2 Å². The molecule has 2 rings (SSSR count). The number of nitrogens with zero attached hydrogens (tertiary/aromatic N) is 3. The Bertz CT molecular complexity index is 798. The van der Waals surface area contributed by atoms with Gasteiger partial charge in [-0.25, -0.2) is 14.8 Å². The van der Waals surface area contributed by atoms with Crippen molar-refractivity contribution in [1.29, 1.82) is 0 Å². The SMILES string of the molecule is COc1ccc(CCN(C(=O)OC(C)(C)C)c2ncc(C=O)cc2C)cn1. The summed E-state index contributed by atoms with van der Waals surface area (Å²) < 4.78 is 10.6. The summed E-state index contributed by atoms with van der Waals surface area (Å²) in [7, 11) is 1.56. The average Bonchev–Trinajstić information content (AvgIpc) is 2.62. The summed E-state index contributed by atoms with van der Waals surface area (Å²) in [6, 6.07) is 5.37. The molecule has 0 fully saturated rings. The summed E-state index contributed by atoms with van der Waals surface area (Å²) in [6.07, 6.45) is 3.96. The number of aldehydes is 1. The minimum absolute atomic E-state index is 0.358. The van der Waals surface area contributed by atoms with Crippen molar-refractivity contribution < 1.29 is 19.1 Å². The lowest BCUT2D eigenvalue weighted by molar-refractivity contribution is 0.0579. The lowest BCUT2D eigenvalue weighted by atomic mass is 10.1. The van der Waals surface area contributed by atoms with E-state index in [9.17, 15) is 9.59 Å². The number of carbonyl (C=O) groups excluding carboxylic acids is 2. The van der Waals surface area contributed by atoms with E-state index >= 15 is 0 Å². The molecule has 0 aliphatic heterocycles. The molecule has 0 radical (unpaired) electrons. The van der Waals surface area contributed by atoms with Gasteiger partial charge in [0.2, 0.25) is 5.88 Å². The number of rotatable bonds is 6. The van der Waals surface area contributed by atoms with Crippen molar-refractivity contribution in [2.45, 2.75) is 39.7 Å². The summed E-state index contributed by atoms with van der Waals surface area (Å²) in [5, 5.41) is 0. The molecule has 0 bridgehead atoms. The fourth-order valence-corrected chi connectivity index (χ4v) is 2.46. The summed E-state index contributed by atoms with van der Waals surface area (Å²) in [4.78, 5) is 33.7. The van der Waals surface area contributed by atoms with Crippen molar-refractivity contribution in [3.8, 4) is 5.88 Å². The van der Waals surface area contributed by atoms with Crippen molar-refractivity contribution in [1.82, 2.24) is 9.97 Å². The second kappa shape index (κ2) is 8.62. The van der Waals surface area contributed by atoms with E-state index in [4.69, 9.17) is 9.47 Å². The summed E-state index contributed by atoms with van der Waals surface area (Å²) in [5.74, 6) is 1.00. The number of pyridine rings is 2. The lowest BCUT2D eigenvalue weighted by Gasteiger charge is -2.27. The van der Waals surface area contributed by atoms with E-state index in [1.807, 2.05) is 33.8 Å². The highest BCUT2D eigenvalue weighted by atomic mass is 16.6. The van der Waals surface area contributed by atoms with Crippen LogP contribution in [0.4, 0.5) is 10.6 Å². The zero-order valence-corrected chi connectivity index (χ0v) is 16.4. The molecule has 0 saturated carbocycles. The molecule has 27 heavy (non-hydrogen) atoms. The van der Waals surface area contributed by atoms with Crippen LogP contribution in [0.5, 0.6) is 5.88 Å². The molecule has 0 spiro atoms. The van der Waals surface area contributed by atoms with Gasteiger partial charge in [-0.1, -0.05) is 6.07 Å². The number of methoxy groups -OCH3 is 1. The van der Waals surface area contributed by atoms with E-state index in [2.05, 4.69) is 9.97 Å². The van der Waals surface area contributed by atoms with Gasteiger partial charge in [-0.15, -0.1) is 0 Å². The van der Waals surface area contributed by atoms with Gasteiger partial charge in [0.25, 0.3) is 0 Å². The second-order valence-corrected chi connectivity index (χ2v) is 7.12. The molecular formula is C20H25N3O4. The fourth-order valence-electron chi connectivity index (χ4n) is 2.46. The van der Waals surface area contributed by atoms with Crippen LogP contribution in [0.1, 0.15) is 42.3 Å². The zero-order valence-electron chi connectivity index (χ0n) is 16.4. The topological polar surface area (TPSA) is 81.6 Å². The van der Waals surface area contributed by atoms with E-state index in [1.165, 1.54) is 11.1 Å². The van der Waals surface area contributed by atoms with Crippen molar-refractivity contribution >= 4 is 18.2 Å². The number of aryl methyl sites for hydroxylation is 1. The molecule has 0 aromatic carbocycles. The van der Waals surface area contributed by atoms with Crippen molar-refractivity contribution in [2.75, 3.05) is 18.6 Å². The monoisotopic (exact) mass is 371 g/mol. The third-order valence-corrected chi connectivity index (χ3v) is 3.71. The first-order chi connectivity index (χ1) is 12.7. The van der Waals surface area contributed by atoms with Gasteiger partial charge < -0.3 is 9.47 Å². The normalized spacial score (nSPS) is 11.0. The maximum absolute atomic E-state index is 12.7. The zero-order chi connectivity index (χ0) is 20.0. The smallest absolute Gasteiger partial charge is 0.416 e. The van der Waals surface area contributed by atoms with Crippen LogP contribution in [0.3, 0.4) is 0 Å².